The Morgan fingerprint density at radius 2 is 2.00 bits per heavy atom. The summed E-state index contributed by atoms with van der Waals surface area (Å²) in [4.78, 5) is 37.7. The van der Waals surface area contributed by atoms with Gasteiger partial charge in [-0.1, -0.05) is 6.92 Å². The van der Waals surface area contributed by atoms with E-state index in [0.717, 1.165) is 6.42 Å². The van der Waals surface area contributed by atoms with Crippen molar-refractivity contribution in [3.8, 4) is 0 Å². The van der Waals surface area contributed by atoms with E-state index < -0.39 is 0 Å². The standard InChI is InChI=1S/C18H26N6O2/c1-4-13(3)20-18(26)23-11-9-22(10-12-23)16-17(25)24(5-2)15-14(21-16)7-6-8-19-15/h6-8,13H,4-5,9-12H2,1-3H3,(H,20,26)/t13-/m0/s1. The number of nitrogens with zero attached hydrogens (tertiary/aromatic N) is 5. The highest BCUT2D eigenvalue weighted by molar-refractivity contribution is 5.75. The number of pyridine rings is 1. The maximum Gasteiger partial charge on any atom is 0.317 e. The second-order valence-electron chi connectivity index (χ2n) is 6.56. The minimum absolute atomic E-state index is 0.0411. The molecule has 0 radical (unpaired) electrons. The van der Waals surface area contributed by atoms with Gasteiger partial charge in [0, 0.05) is 45.0 Å². The van der Waals surface area contributed by atoms with E-state index in [2.05, 4.69) is 15.3 Å². The molecule has 1 saturated heterocycles. The topological polar surface area (TPSA) is 83.4 Å². The van der Waals surface area contributed by atoms with Crippen LogP contribution in [0.15, 0.2) is 23.1 Å². The molecule has 0 saturated carbocycles. The van der Waals surface area contributed by atoms with Gasteiger partial charge in [-0.3, -0.25) is 9.36 Å². The van der Waals surface area contributed by atoms with Gasteiger partial charge in [0.05, 0.1) is 0 Å². The lowest BCUT2D eigenvalue weighted by Crippen LogP contribution is -2.54. The zero-order valence-corrected chi connectivity index (χ0v) is 15.6. The van der Waals surface area contributed by atoms with Gasteiger partial charge in [-0.05, 0) is 32.4 Å². The average Bonchev–Trinajstić information content (AvgIpc) is 2.67. The number of fused-ring (bicyclic) bond motifs is 1. The predicted octanol–water partition coefficient (Wildman–Crippen LogP) is 1.44. The Balaban J connectivity index is 1.79. The van der Waals surface area contributed by atoms with Crippen LogP contribution in [0, 0.1) is 0 Å². The molecule has 0 bridgehead atoms. The first-order valence-electron chi connectivity index (χ1n) is 9.21. The number of hydrogen-bond acceptors (Lipinski definition) is 5. The Kier molecular flexibility index (Phi) is 5.39. The van der Waals surface area contributed by atoms with Crippen LogP contribution < -0.4 is 15.8 Å². The van der Waals surface area contributed by atoms with E-state index >= 15 is 0 Å². The Labute approximate surface area is 152 Å². The Hall–Kier alpha value is -2.64. The fourth-order valence-electron chi connectivity index (χ4n) is 3.09. The number of nitrogens with one attached hydrogen (secondary N) is 1. The summed E-state index contributed by atoms with van der Waals surface area (Å²) in [6, 6.07) is 3.81. The van der Waals surface area contributed by atoms with Crippen LogP contribution in [0.5, 0.6) is 0 Å². The van der Waals surface area contributed by atoms with Gasteiger partial charge in [0.25, 0.3) is 5.56 Å². The number of aromatic nitrogens is 3. The monoisotopic (exact) mass is 358 g/mol. The number of amides is 2. The van der Waals surface area contributed by atoms with Crippen molar-refractivity contribution in [1.82, 2.24) is 24.8 Å². The lowest BCUT2D eigenvalue weighted by Gasteiger charge is -2.35. The smallest absolute Gasteiger partial charge is 0.317 e. The number of carbonyl (C=O) groups is 1. The number of rotatable bonds is 4. The second kappa shape index (κ2) is 7.72. The summed E-state index contributed by atoms with van der Waals surface area (Å²) in [7, 11) is 0. The van der Waals surface area contributed by atoms with Crippen molar-refractivity contribution in [2.45, 2.75) is 39.8 Å². The molecule has 2 aromatic heterocycles. The molecule has 1 aliphatic heterocycles. The molecule has 0 aromatic carbocycles. The van der Waals surface area contributed by atoms with Crippen molar-refractivity contribution in [2.75, 3.05) is 31.1 Å². The molecule has 1 atom stereocenters. The molecular weight excluding hydrogens is 332 g/mol. The van der Waals surface area contributed by atoms with Crippen LogP contribution in [-0.2, 0) is 6.54 Å². The quantitative estimate of drug-likeness (QED) is 0.894. The zero-order chi connectivity index (χ0) is 18.7. The van der Waals surface area contributed by atoms with E-state index in [1.165, 1.54) is 0 Å². The Bertz CT molecular complexity index is 841. The average molecular weight is 358 g/mol. The normalized spacial score (nSPS) is 16.0. The molecule has 1 aliphatic rings. The Morgan fingerprint density at radius 1 is 1.27 bits per heavy atom. The number of hydrogen-bond donors (Lipinski definition) is 1. The van der Waals surface area contributed by atoms with E-state index in [1.807, 2.05) is 37.8 Å². The third-order valence-electron chi connectivity index (χ3n) is 4.85. The minimum Gasteiger partial charge on any atom is -0.348 e. The first kappa shape index (κ1) is 18.2. The summed E-state index contributed by atoms with van der Waals surface area (Å²) in [6.45, 7) is 8.82. The van der Waals surface area contributed by atoms with Gasteiger partial charge in [0.2, 0.25) is 0 Å². The molecule has 2 aromatic rings. The van der Waals surface area contributed by atoms with E-state index in [-0.39, 0.29) is 17.6 Å². The first-order valence-corrected chi connectivity index (χ1v) is 9.21. The molecule has 3 heterocycles. The Morgan fingerprint density at radius 3 is 2.65 bits per heavy atom. The lowest BCUT2D eigenvalue weighted by molar-refractivity contribution is 0.190. The zero-order valence-electron chi connectivity index (χ0n) is 15.6. The van der Waals surface area contributed by atoms with Crippen molar-refractivity contribution in [1.29, 1.82) is 0 Å². The van der Waals surface area contributed by atoms with Crippen molar-refractivity contribution in [2.24, 2.45) is 0 Å². The summed E-state index contributed by atoms with van der Waals surface area (Å²) in [5.41, 5.74) is 1.19. The van der Waals surface area contributed by atoms with Gasteiger partial charge in [-0.15, -0.1) is 0 Å². The molecule has 2 amide bonds. The number of carbonyl (C=O) groups excluding carboxylic acids is 1. The van der Waals surface area contributed by atoms with Gasteiger partial charge in [0.15, 0.2) is 11.5 Å². The first-order chi connectivity index (χ1) is 12.5. The van der Waals surface area contributed by atoms with Crippen LogP contribution in [0.3, 0.4) is 0 Å². The van der Waals surface area contributed by atoms with Crippen molar-refractivity contribution in [3.05, 3.63) is 28.7 Å². The van der Waals surface area contributed by atoms with Gasteiger partial charge < -0.3 is 15.1 Å². The molecule has 1 fully saturated rings. The highest BCUT2D eigenvalue weighted by Gasteiger charge is 2.25. The number of anilines is 1. The molecule has 140 valence electrons. The molecule has 0 unspecified atom stereocenters. The molecule has 0 spiro atoms. The fraction of sp³-hybridized carbons (Fsp3) is 0.556. The summed E-state index contributed by atoms with van der Waals surface area (Å²) < 4.78 is 1.65. The second-order valence-corrected chi connectivity index (χ2v) is 6.56. The summed E-state index contributed by atoms with van der Waals surface area (Å²) >= 11 is 0. The number of aryl methyl sites for hydroxylation is 1. The van der Waals surface area contributed by atoms with E-state index in [4.69, 9.17) is 0 Å². The fourth-order valence-corrected chi connectivity index (χ4v) is 3.09. The van der Waals surface area contributed by atoms with Gasteiger partial charge >= 0.3 is 6.03 Å². The van der Waals surface area contributed by atoms with Gasteiger partial charge in [-0.25, -0.2) is 14.8 Å². The van der Waals surface area contributed by atoms with Crippen LogP contribution in [0.2, 0.25) is 0 Å². The largest absolute Gasteiger partial charge is 0.348 e. The highest BCUT2D eigenvalue weighted by Crippen LogP contribution is 2.14. The van der Waals surface area contributed by atoms with Crippen molar-refractivity contribution < 1.29 is 4.79 Å². The molecule has 26 heavy (non-hydrogen) atoms. The number of urea groups is 1. The molecule has 1 N–H and O–H groups in total. The van der Waals surface area contributed by atoms with Crippen LogP contribution >= 0.6 is 0 Å². The summed E-state index contributed by atoms with van der Waals surface area (Å²) in [5.74, 6) is 0.439. The SMILES string of the molecule is CC[C@H](C)NC(=O)N1CCN(c2nc3cccnc3n(CC)c2=O)CC1. The highest BCUT2D eigenvalue weighted by atomic mass is 16.2. The summed E-state index contributed by atoms with van der Waals surface area (Å²) in [6.07, 6.45) is 2.57. The minimum atomic E-state index is -0.129. The van der Waals surface area contributed by atoms with E-state index in [0.29, 0.717) is 49.7 Å². The predicted molar refractivity (Wildman–Crippen MR) is 102 cm³/mol. The van der Waals surface area contributed by atoms with Crippen LogP contribution in [-0.4, -0.2) is 57.7 Å². The molecule has 0 aliphatic carbocycles. The van der Waals surface area contributed by atoms with E-state index in [1.54, 1.807) is 15.7 Å². The third kappa shape index (κ3) is 3.49. The maximum absolute atomic E-state index is 12.8. The van der Waals surface area contributed by atoms with E-state index in [9.17, 15) is 9.59 Å². The molecular formula is C18H26N6O2. The molecule has 8 nitrogen and oxygen atoms in total. The number of piperazine rings is 1. The summed E-state index contributed by atoms with van der Waals surface area (Å²) in [5, 5.41) is 2.99. The van der Waals surface area contributed by atoms with Gasteiger partial charge in [0.1, 0.15) is 5.52 Å². The molecule has 3 rings (SSSR count). The van der Waals surface area contributed by atoms with Crippen LogP contribution in [0.4, 0.5) is 10.6 Å². The maximum atomic E-state index is 12.8. The molecule has 8 heteroatoms. The third-order valence-corrected chi connectivity index (χ3v) is 4.85. The van der Waals surface area contributed by atoms with Crippen LogP contribution in [0.25, 0.3) is 11.2 Å². The van der Waals surface area contributed by atoms with Crippen molar-refractivity contribution >= 4 is 23.0 Å². The van der Waals surface area contributed by atoms with Crippen LogP contribution in [0.1, 0.15) is 27.2 Å². The lowest BCUT2D eigenvalue weighted by atomic mass is 10.2. The van der Waals surface area contributed by atoms with Crippen molar-refractivity contribution in [3.63, 3.8) is 0 Å². The van der Waals surface area contributed by atoms with Gasteiger partial charge in [-0.2, -0.15) is 0 Å².